The molecule has 2 atom stereocenters. The number of methoxy groups -OCH3 is 1. The van der Waals surface area contributed by atoms with E-state index in [1.807, 2.05) is 32.0 Å². The number of amides is 1. The van der Waals surface area contributed by atoms with E-state index in [0.29, 0.717) is 27.9 Å². The highest BCUT2D eigenvalue weighted by Crippen LogP contribution is 2.42. The van der Waals surface area contributed by atoms with E-state index in [1.165, 1.54) is 37.5 Å². The molecule has 47 heavy (non-hydrogen) atoms. The highest BCUT2D eigenvalue weighted by Gasteiger charge is 2.29. The van der Waals surface area contributed by atoms with E-state index in [9.17, 15) is 33.4 Å². The number of carbonyl (C=O) groups is 3. The molecule has 2 unspecified atom stereocenters. The largest absolute Gasteiger partial charge is 0.481 e. The van der Waals surface area contributed by atoms with Gasteiger partial charge in [-0.15, -0.1) is 0 Å². The maximum Gasteiger partial charge on any atom is 0.337 e. The first-order chi connectivity index (χ1) is 22.4. The molecule has 4 aromatic rings. The van der Waals surface area contributed by atoms with Crippen LogP contribution in [0.4, 0.5) is 8.78 Å². The zero-order valence-corrected chi connectivity index (χ0v) is 26.1. The summed E-state index contributed by atoms with van der Waals surface area (Å²) >= 11 is 0. The molecule has 1 heterocycles. The van der Waals surface area contributed by atoms with E-state index in [4.69, 9.17) is 5.11 Å². The van der Waals surface area contributed by atoms with Crippen molar-refractivity contribution >= 4 is 23.9 Å². The first kappa shape index (κ1) is 34.7. The number of ether oxygens (including phenoxy) is 1. The highest BCUT2D eigenvalue weighted by atomic mass is 19.1. The molecule has 4 N–H and O–H groups in total. The molecule has 0 aliphatic heterocycles. The van der Waals surface area contributed by atoms with Gasteiger partial charge in [-0.05, 0) is 55.3 Å². The maximum absolute atomic E-state index is 14.9. The van der Waals surface area contributed by atoms with Gasteiger partial charge in [0, 0.05) is 41.4 Å². The van der Waals surface area contributed by atoms with Gasteiger partial charge >= 0.3 is 11.9 Å². The van der Waals surface area contributed by atoms with Gasteiger partial charge < -0.3 is 29.9 Å². The topological polar surface area (TPSA) is 138 Å². The predicted octanol–water partition coefficient (Wildman–Crippen LogP) is 6.00. The summed E-state index contributed by atoms with van der Waals surface area (Å²) in [6.45, 7) is 3.51. The number of carboxylic acids is 1. The van der Waals surface area contributed by atoms with Crippen LogP contribution in [0.1, 0.15) is 64.8 Å². The Morgan fingerprint density at radius 1 is 0.936 bits per heavy atom. The molecule has 0 aliphatic carbocycles. The molecule has 0 aliphatic rings. The van der Waals surface area contributed by atoms with Crippen molar-refractivity contribution in [1.82, 2.24) is 9.88 Å². The lowest BCUT2D eigenvalue weighted by Gasteiger charge is -2.17. The van der Waals surface area contributed by atoms with E-state index < -0.39 is 48.1 Å². The predicted molar refractivity (Wildman–Crippen MR) is 172 cm³/mol. The van der Waals surface area contributed by atoms with Crippen molar-refractivity contribution < 1.29 is 43.2 Å². The number of halogens is 2. The van der Waals surface area contributed by atoms with Gasteiger partial charge in [-0.1, -0.05) is 54.6 Å². The van der Waals surface area contributed by atoms with Crippen LogP contribution in [0.25, 0.3) is 28.3 Å². The second kappa shape index (κ2) is 15.4. The average Bonchev–Trinajstić information content (AvgIpc) is 3.38. The number of aliphatic hydroxyl groups excluding tert-OH is 2. The van der Waals surface area contributed by atoms with Gasteiger partial charge in [0.05, 0.1) is 31.3 Å². The normalized spacial score (nSPS) is 12.7. The summed E-state index contributed by atoms with van der Waals surface area (Å²) in [6, 6.07) is 18.3. The first-order valence-electron chi connectivity index (χ1n) is 14.9. The quantitative estimate of drug-likeness (QED) is 0.131. The number of nitrogens with zero attached hydrogens (tertiary/aromatic N) is 1. The molecule has 1 amide bonds. The van der Waals surface area contributed by atoms with Crippen LogP contribution in [0.15, 0.2) is 78.9 Å². The van der Waals surface area contributed by atoms with Crippen molar-refractivity contribution in [2.24, 2.45) is 0 Å². The van der Waals surface area contributed by atoms with E-state index in [2.05, 4.69) is 10.1 Å². The molecule has 11 heteroatoms. The van der Waals surface area contributed by atoms with Gasteiger partial charge in [-0.2, -0.15) is 0 Å². The smallest absolute Gasteiger partial charge is 0.337 e. The summed E-state index contributed by atoms with van der Waals surface area (Å²) < 4.78 is 35.4. The number of carbonyl (C=O) groups excluding carboxylic acids is 2. The number of hydrogen-bond donors (Lipinski definition) is 4. The Kier molecular flexibility index (Phi) is 11.4. The van der Waals surface area contributed by atoms with Gasteiger partial charge in [0.1, 0.15) is 17.3 Å². The summed E-state index contributed by atoms with van der Waals surface area (Å²) in [5.74, 6) is -3.61. The molecule has 9 nitrogen and oxygen atoms in total. The van der Waals surface area contributed by atoms with Gasteiger partial charge in [-0.25, -0.2) is 13.6 Å². The first-order valence-corrected chi connectivity index (χ1v) is 14.9. The maximum atomic E-state index is 14.9. The minimum Gasteiger partial charge on any atom is -0.481 e. The van der Waals surface area contributed by atoms with Crippen LogP contribution < -0.4 is 5.32 Å². The SMILES string of the molecule is COC(=O)c1ccc(CNC(=O)c2c(-c3ccccc3)c(-c3ccc(F)cc3)c(/C=C/C(O)CC(O)CC(=O)O)n2C(C)C)c(F)c1. The van der Waals surface area contributed by atoms with Crippen LogP contribution in [0.3, 0.4) is 0 Å². The third-order valence-corrected chi connectivity index (χ3v) is 7.48. The molecule has 3 aromatic carbocycles. The lowest BCUT2D eigenvalue weighted by molar-refractivity contribution is -0.139. The number of aromatic nitrogens is 1. The third kappa shape index (κ3) is 8.37. The number of carboxylic acid groups (broad SMARTS) is 1. The Balaban J connectivity index is 1.87. The summed E-state index contributed by atoms with van der Waals surface area (Å²) in [5.41, 5.74) is 3.16. The molecule has 0 bridgehead atoms. The van der Waals surface area contributed by atoms with Crippen LogP contribution >= 0.6 is 0 Å². The lowest BCUT2D eigenvalue weighted by atomic mass is 9.94. The molecule has 0 saturated carbocycles. The molecule has 4 rings (SSSR count). The van der Waals surface area contributed by atoms with E-state index in [0.717, 1.165) is 6.07 Å². The van der Waals surface area contributed by atoms with Gasteiger partial charge in [0.15, 0.2) is 0 Å². The van der Waals surface area contributed by atoms with Crippen LogP contribution in [0.5, 0.6) is 0 Å². The Bertz CT molecular complexity index is 1770. The number of rotatable bonds is 13. The number of hydrogen-bond acceptors (Lipinski definition) is 6. The molecule has 1 aromatic heterocycles. The Morgan fingerprint density at radius 3 is 2.19 bits per heavy atom. The molecule has 0 spiro atoms. The fourth-order valence-corrected chi connectivity index (χ4v) is 5.36. The third-order valence-electron chi connectivity index (χ3n) is 7.48. The average molecular weight is 647 g/mol. The van der Waals surface area contributed by atoms with E-state index in [-0.39, 0.29) is 35.8 Å². The highest BCUT2D eigenvalue weighted by molar-refractivity contribution is 6.06. The number of benzene rings is 3. The molecular formula is C36H36F2N2O7. The second-order valence-corrected chi connectivity index (χ2v) is 11.2. The zero-order chi connectivity index (χ0) is 34.2. The monoisotopic (exact) mass is 646 g/mol. The molecule has 0 fully saturated rings. The fraction of sp³-hybridized carbons (Fsp3) is 0.250. The Morgan fingerprint density at radius 2 is 1.60 bits per heavy atom. The minimum atomic E-state index is -1.29. The summed E-state index contributed by atoms with van der Waals surface area (Å²) in [5, 5.41) is 32.5. The number of nitrogens with one attached hydrogen (secondary N) is 1. The molecular weight excluding hydrogens is 610 g/mol. The second-order valence-electron chi connectivity index (χ2n) is 11.2. The molecule has 246 valence electrons. The molecule has 0 saturated heterocycles. The summed E-state index contributed by atoms with van der Waals surface area (Å²) in [4.78, 5) is 37.0. The van der Waals surface area contributed by atoms with E-state index >= 15 is 0 Å². The van der Waals surface area contributed by atoms with Crippen LogP contribution in [-0.2, 0) is 16.1 Å². The van der Waals surface area contributed by atoms with Gasteiger partial charge in [0.25, 0.3) is 5.91 Å². The van der Waals surface area contributed by atoms with Crippen LogP contribution in [-0.4, -0.2) is 57.1 Å². The van der Waals surface area contributed by atoms with Crippen LogP contribution in [0, 0.1) is 11.6 Å². The van der Waals surface area contributed by atoms with Crippen molar-refractivity contribution in [3.8, 4) is 22.3 Å². The van der Waals surface area contributed by atoms with Crippen molar-refractivity contribution in [3.63, 3.8) is 0 Å². The van der Waals surface area contributed by atoms with Crippen LogP contribution in [0.2, 0.25) is 0 Å². The summed E-state index contributed by atoms with van der Waals surface area (Å²) in [6.07, 6.45) is -0.302. The minimum absolute atomic E-state index is 0.0261. The number of esters is 1. The zero-order valence-electron chi connectivity index (χ0n) is 26.1. The lowest BCUT2D eigenvalue weighted by Crippen LogP contribution is -2.27. The van der Waals surface area contributed by atoms with Crippen molar-refractivity contribution in [2.75, 3.05) is 7.11 Å². The number of aliphatic hydroxyl groups is 2. The molecule has 0 radical (unpaired) electrons. The Labute approximate surface area is 270 Å². The fourth-order valence-electron chi connectivity index (χ4n) is 5.36. The van der Waals surface area contributed by atoms with Crippen molar-refractivity contribution in [3.05, 3.63) is 113 Å². The van der Waals surface area contributed by atoms with E-state index in [1.54, 1.807) is 34.9 Å². The van der Waals surface area contributed by atoms with Gasteiger partial charge in [-0.3, -0.25) is 9.59 Å². The van der Waals surface area contributed by atoms with Gasteiger partial charge in [0.2, 0.25) is 0 Å². The van der Waals surface area contributed by atoms with Crippen molar-refractivity contribution in [1.29, 1.82) is 0 Å². The Hall–Kier alpha value is -5.13. The number of aliphatic carboxylic acids is 1. The standard InChI is InChI=1S/C36H36F2N2O7/c1-21(2)40-30(16-15-27(41)18-28(42)19-31(43)44)32(23-11-13-26(37)14-12-23)33(22-7-5-4-6-8-22)34(40)35(45)39-20-25-10-9-24(17-29(25)38)36(46)47-3/h4-17,21,27-28,41-42H,18-20H2,1-3H3,(H,39,45)(H,43,44)/b16-15+. The summed E-state index contributed by atoms with van der Waals surface area (Å²) in [7, 11) is 1.19. The van der Waals surface area contributed by atoms with Crippen molar-refractivity contribution in [2.45, 2.75) is 51.5 Å².